The monoisotopic (exact) mass is 986 g/mol. The van der Waals surface area contributed by atoms with Gasteiger partial charge in [-0.3, -0.25) is 43.3 Å². The Kier molecular flexibility index (Phi) is 20.7. The van der Waals surface area contributed by atoms with Gasteiger partial charge in [0.05, 0.1) is 37.6 Å². The zero-order valence-corrected chi connectivity index (χ0v) is 40.9. The molecule has 0 N–H and O–H groups in total. The molecule has 3 heterocycles. The molecule has 4 rings (SSSR count). The highest BCUT2D eigenvalue weighted by molar-refractivity contribution is 6.59. The highest BCUT2D eigenvalue weighted by Gasteiger charge is 2.55. The fourth-order valence-corrected chi connectivity index (χ4v) is 7.70. The van der Waals surface area contributed by atoms with Crippen molar-refractivity contribution in [1.82, 2.24) is 9.38 Å². The van der Waals surface area contributed by atoms with Crippen LogP contribution in [0, 0.1) is 13.8 Å². The Hall–Kier alpha value is -7.09. The molecule has 0 spiro atoms. The van der Waals surface area contributed by atoms with E-state index < -0.39 is 108 Å². The van der Waals surface area contributed by atoms with Gasteiger partial charge in [0.25, 0.3) is 0 Å². The number of esters is 8. The van der Waals surface area contributed by atoms with E-state index >= 15 is 0 Å². The van der Waals surface area contributed by atoms with Crippen LogP contribution in [0.2, 0.25) is 0 Å². The van der Waals surface area contributed by atoms with E-state index in [0.29, 0.717) is 5.56 Å². The third-order valence-corrected chi connectivity index (χ3v) is 10.5. The van der Waals surface area contributed by atoms with Gasteiger partial charge in [0, 0.05) is 58.5 Å². The molecule has 1 aromatic heterocycles. The van der Waals surface area contributed by atoms with Gasteiger partial charge in [0.2, 0.25) is 27.2 Å². The van der Waals surface area contributed by atoms with Gasteiger partial charge in [-0.25, -0.2) is 0 Å². The minimum Gasteiger partial charge on any atom is -0.489 e. The Morgan fingerprint density at radius 2 is 1.10 bits per heavy atom. The van der Waals surface area contributed by atoms with Crippen LogP contribution in [0.5, 0.6) is 5.75 Å². The van der Waals surface area contributed by atoms with Gasteiger partial charge in [-0.15, -0.1) is 0 Å². The van der Waals surface area contributed by atoms with Crippen LogP contribution in [-0.2, 0) is 90.3 Å². The summed E-state index contributed by atoms with van der Waals surface area (Å²) in [6.07, 6.45) is 2.02. The fourth-order valence-electron chi connectivity index (χ4n) is 7.70. The summed E-state index contributed by atoms with van der Waals surface area (Å²) >= 11 is 0. The molecule has 0 saturated carbocycles. The zero-order chi connectivity index (χ0) is 51.7. The molecule has 0 radical (unpaired) electrons. The minimum absolute atomic E-state index is 0.0220. The van der Waals surface area contributed by atoms with Crippen LogP contribution in [0.4, 0.5) is 5.69 Å². The summed E-state index contributed by atoms with van der Waals surface area (Å²) in [7, 11) is 3.17. The molecule has 2 aliphatic heterocycles. The lowest BCUT2D eigenvalue weighted by molar-refractivity contribution is -0.382. The normalized spacial score (nSPS) is 13.4. The fraction of sp³-hybridized carbons (Fsp3) is 0.489. The number of aryl methyl sites for hydroxylation is 2. The number of aromatic nitrogens is 1. The molecular formula is C45H59BN4O20. The molecule has 2 aliphatic rings. The van der Waals surface area contributed by atoms with Crippen molar-refractivity contribution < 1.29 is 99.5 Å². The second kappa shape index (κ2) is 26.0. The smallest absolute Gasteiger partial charge is 0.489 e. The maximum atomic E-state index is 13.2. The van der Waals surface area contributed by atoms with Gasteiger partial charge < -0.3 is 70.5 Å². The van der Waals surface area contributed by atoms with Crippen molar-refractivity contribution in [3.63, 3.8) is 0 Å². The Morgan fingerprint density at radius 3 is 1.57 bits per heavy atom. The standard InChI is InChI=1S/C45H59BN4O20/c1-28-17-30(3)49-44(28)43(45-29(2)18-31(4)50(45)46(49,59-9)60-10)36-11-12-37(48(22-41(57)69-26-65-34(7)53)23-42(58)70-27-66-35(8)54)38(19-36)62-16-15-61-14-13-47(20-39(55)67-24-63-32(5)51)21-40(56)68-25-64-33(6)52/h11-12,17-19H,13-16,20-27H2,1-10H3. The number of fused-ring (bicyclic) bond motifs is 2. The van der Waals surface area contributed by atoms with Crippen molar-refractivity contribution in [3.8, 4) is 5.75 Å². The Labute approximate surface area is 403 Å². The number of allylic oxidation sites excluding steroid dienone is 2. The van der Waals surface area contributed by atoms with Crippen molar-refractivity contribution in [3.05, 3.63) is 64.1 Å². The summed E-state index contributed by atoms with van der Waals surface area (Å²) in [4.78, 5) is 99.1. The lowest BCUT2D eigenvalue weighted by Crippen LogP contribution is -2.61. The summed E-state index contributed by atoms with van der Waals surface area (Å²) in [5.74, 6) is -6.03. The molecule has 0 saturated heterocycles. The molecule has 0 amide bonds. The summed E-state index contributed by atoms with van der Waals surface area (Å²) in [5, 5.41) is 0. The first-order valence-electron chi connectivity index (χ1n) is 21.7. The third kappa shape index (κ3) is 15.0. The maximum absolute atomic E-state index is 13.2. The average molecular weight is 987 g/mol. The van der Waals surface area contributed by atoms with Gasteiger partial charge in [-0.2, -0.15) is 0 Å². The highest BCUT2D eigenvalue weighted by Crippen LogP contribution is 2.45. The number of carbonyl (C=O) groups is 8. The quantitative estimate of drug-likeness (QED) is 0.0405. The summed E-state index contributed by atoms with van der Waals surface area (Å²) in [5.41, 5.74) is 6.77. The predicted molar refractivity (Wildman–Crippen MR) is 242 cm³/mol. The molecule has 0 bridgehead atoms. The van der Waals surface area contributed by atoms with Crippen LogP contribution in [-0.4, -0.2) is 168 Å². The number of hydrogen-bond acceptors (Lipinski definition) is 22. The van der Waals surface area contributed by atoms with E-state index in [1.54, 1.807) is 32.4 Å². The van der Waals surface area contributed by atoms with Crippen molar-refractivity contribution in [2.24, 2.45) is 0 Å². The van der Waals surface area contributed by atoms with Crippen LogP contribution in [0.3, 0.4) is 0 Å². The molecular weight excluding hydrogens is 927 g/mol. The Morgan fingerprint density at radius 1 is 0.614 bits per heavy atom. The van der Waals surface area contributed by atoms with E-state index in [-0.39, 0.29) is 37.8 Å². The largest absolute Gasteiger partial charge is 0.665 e. The summed E-state index contributed by atoms with van der Waals surface area (Å²) < 4.78 is 67.7. The first-order valence-corrected chi connectivity index (χ1v) is 21.7. The summed E-state index contributed by atoms with van der Waals surface area (Å²) in [6.45, 7) is 5.08. The van der Waals surface area contributed by atoms with Crippen molar-refractivity contribution in [2.45, 2.75) is 55.4 Å². The number of rotatable bonds is 27. The number of carbonyl (C=O) groups excluding carboxylic acids is 8. The first kappa shape index (κ1) is 55.5. The zero-order valence-electron chi connectivity index (χ0n) is 40.9. The Bertz CT molecular complexity index is 2340. The average Bonchev–Trinajstić information content (AvgIpc) is 3.75. The molecule has 70 heavy (non-hydrogen) atoms. The van der Waals surface area contributed by atoms with Crippen molar-refractivity contribution >= 4 is 71.5 Å². The predicted octanol–water partition coefficient (Wildman–Crippen LogP) is 1.65. The van der Waals surface area contributed by atoms with E-state index in [9.17, 15) is 38.4 Å². The molecule has 382 valence electrons. The molecule has 0 unspecified atom stereocenters. The molecule has 2 aromatic rings. The van der Waals surface area contributed by atoms with Crippen molar-refractivity contribution in [2.75, 3.05) is 98.8 Å². The third-order valence-electron chi connectivity index (χ3n) is 10.5. The lowest BCUT2D eigenvalue weighted by Gasteiger charge is -2.42. The van der Waals surface area contributed by atoms with Gasteiger partial charge in [-0.05, 0) is 70.0 Å². The molecule has 0 aliphatic carbocycles. The van der Waals surface area contributed by atoms with E-state index in [2.05, 4.69) is 9.47 Å². The van der Waals surface area contributed by atoms with Crippen LogP contribution in [0.1, 0.15) is 64.1 Å². The van der Waals surface area contributed by atoms with Crippen LogP contribution in [0.15, 0.2) is 41.6 Å². The number of benzene rings is 1. The van der Waals surface area contributed by atoms with E-state index in [1.165, 1.54) is 9.80 Å². The highest BCUT2D eigenvalue weighted by atomic mass is 16.7. The van der Waals surface area contributed by atoms with Gasteiger partial charge in [0.15, 0.2) is 5.70 Å². The van der Waals surface area contributed by atoms with Gasteiger partial charge >= 0.3 is 54.6 Å². The second-order valence-electron chi connectivity index (χ2n) is 15.6. The second-order valence-corrected chi connectivity index (χ2v) is 15.6. The van der Waals surface area contributed by atoms with Crippen LogP contribution in [0.25, 0.3) is 5.57 Å². The first-order chi connectivity index (χ1) is 33.2. The van der Waals surface area contributed by atoms with Crippen LogP contribution >= 0.6 is 0 Å². The molecule has 24 nitrogen and oxygen atoms in total. The maximum Gasteiger partial charge on any atom is 0.665 e. The topological polar surface area (TPSA) is 262 Å². The number of nitrogens with zero attached hydrogens (tertiary/aromatic N) is 4. The SMILES string of the molecule is CO[B-]1(OC)n2c(C)cc(C)c2C(c2ccc(N(CC(=O)OCOC(C)=O)CC(=O)OCOC(C)=O)c(OCCOCCN(CC(=O)OCOC(C)=O)CC(=O)OCOC(C)=O)c2)=C2C(C)=CC(C)=[N+]21. The van der Waals surface area contributed by atoms with Gasteiger partial charge in [-0.1, -0.05) is 6.07 Å². The minimum atomic E-state index is -2.30. The van der Waals surface area contributed by atoms with Crippen LogP contribution < -0.4 is 9.64 Å². The van der Waals surface area contributed by atoms with Crippen molar-refractivity contribution in [1.29, 1.82) is 0 Å². The van der Waals surface area contributed by atoms with E-state index in [0.717, 1.165) is 67.2 Å². The molecule has 0 atom stereocenters. The molecule has 1 aromatic carbocycles. The molecule has 25 heteroatoms. The number of hydrogen-bond donors (Lipinski definition) is 0. The van der Waals surface area contributed by atoms with Gasteiger partial charge in [0.1, 0.15) is 31.2 Å². The lowest BCUT2D eigenvalue weighted by atomic mass is 9.78. The molecule has 0 fully saturated rings. The number of ether oxygens (including phenoxy) is 10. The summed E-state index contributed by atoms with van der Waals surface area (Å²) in [6, 6.07) is 7.18. The van der Waals surface area contributed by atoms with E-state index in [1.807, 2.05) is 48.8 Å². The van der Waals surface area contributed by atoms with E-state index in [4.69, 9.17) is 47.2 Å². The Balaban J connectivity index is 1.71. The number of anilines is 1.